The van der Waals surface area contributed by atoms with Gasteiger partial charge in [-0.15, -0.1) is 0 Å². The molecule has 0 radical (unpaired) electrons. The minimum Gasteiger partial charge on any atom is -0.480 e. The van der Waals surface area contributed by atoms with Crippen molar-refractivity contribution in [2.45, 2.75) is 30.2 Å². The lowest BCUT2D eigenvalue weighted by Gasteiger charge is -2.06. The number of carboxylic acid groups (broad SMARTS) is 1. The third-order valence-corrected chi connectivity index (χ3v) is 5.54. The van der Waals surface area contributed by atoms with Gasteiger partial charge < -0.3 is 9.67 Å². The van der Waals surface area contributed by atoms with Crippen LogP contribution in [0.5, 0.6) is 0 Å². The first-order chi connectivity index (χ1) is 11.4. The van der Waals surface area contributed by atoms with Gasteiger partial charge in [-0.1, -0.05) is 35.0 Å². The summed E-state index contributed by atoms with van der Waals surface area (Å²) in [4.78, 5) is 12.9. The van der Waals surface area contributed by atoms with Crippen molar-refractivity contribution >= 4 is 40.2 Å². The standard InChI is InChI=1S/C18H15ClFNO2S/c1-10-3-5-15-13(7-10)18(11(2)21(15)9-17(22)23)24-16-6-4-12(20)8-14(16)19/h3-8H,9H2,1-2H3,(H,22,23). The minimum absolute atomic E-state index is 0.108. The molecule has 0 saturated heterocycles. The van der Waals surface area contributed by atoms with E-state index in [4.69, 9.17) is 11.6 Å². The summed E-state index contributed by atoms with van der Waals surface area (Å²) >= 11 is 7.57. The number of carbonyl (C=O) groups is 1. The molecule has 0 fully saturated rings. The molecule has 124 valence electrons. The molecular weight excluding hydrogens is 349 g/mol. The number of aryl methyl sites for hydroxylation is 1. The lowest BCUT2D eigenvalue weighted by Crippen LogP contribution is -2.09. The van der Waals surface area contributed by atoms with Gasteiger partial charge in [0.05, 0.1) is 5.02 Å². The topological polar surface area (TPSA) is 42.2 Å². The number of hydrogen-bond donors (Lipinski definition) is 1. The highest BCUT2D eigenvalue weighted by Crippen LogP contribution is 2.41. The van der Waals surface area contributed by atoms with Crippen molar-refractivity contribution < 1.29 is 14.3 Å². The summed E-state index contributed by atoms with van der Waals surface area (Å²) in [6.45, 7) is 3.77. The molecule has 0 unspecified atom stereocenters. The number of rotatable bonds is 4. The lowest BCUT2D eigenvalue weighted by molar-refractivity contribution is -0.137. The van der Waals surface area contributed by atoms with Crippen LogP contribution in [0.3, 0.4) is 0 Å². The lowest BCUT2D eigenvalue weighted by atomic mass is 10.2. The van der Waals surface area contributed by atoms with Crippen molar-refractivity contribution in [2.75, 3.05) is 0 Å². The highest BCUT2D eigenvalue weighted by molar-refractivity contribution is 7.99. The van der Waals surface area contributed by atoms with E-state index >= 15 is 0 Å². The Balaban J connectivity index is 2.17. The van der Waals surface area contributed by atoms with Gasteiger partial charge in [0.1, 0.15) is 12.4 Å². The minimum atomic E-state index is -0.896. The second-order valence-corrected chi connectivity index (χ2v) is 7.05. The molecule has 2 aromatic carbocycles. The molecule has 6 heteroatoms. The molecule has 0 amide bonds. The SMILES string of the molecule is Cc1ccc2c(c1)c(Sc1ccc(F)cc1Cl)c(C)n2CC(=O)O. The third-order valence-electron chi connectivity index (χ3n) is 3.82. The quantitative estimate of drug-likeness (QED) is 0.685. The number of halogens is 2. The Morgan fingerprint density at radius 3 is 2.67 bits per heavy atom. The van der Waals surface area contributed by atoms with Crippen LogP contribution >= 0.6 is 23.4 Å². The van der Waals surface area contributed by atoms with Crippen LogP contribution in [0.4, 0.5) is 4.39 Å². The van der Waals surface area contributed by atoms with E-state index in [0.717, 1.165) is 32.0 Å². The monoisotopic (exact) mass is 363 g/mol. The first-order valence-electron chi connectivity index (χ1n) is 7.31. The van der Waals surface area contributed by atoms with E-state index < -0.39 is 5.97 Å². The van der Waals surface area contributed by atoms with E-state index in [2.05, 4.69) is 0 Å². The highest BCUT2D eigenvalue weighted by atomic mass is 35.5. The molecule has 24 heavy (non-hydrogen) atoms. The fourth-order valence-electron chi connectivity index (χ4n) is 2.70. The van der Waals surface area contributed by atoms with Crippen LogP contribution in [-0.2, 0) is 11.3 Å². The van der Waals surface area contributed by atoms with Crippen molar-refractivity contribution in [2.24, 2.45) is 0 Å². The zero-order valence-corrected chi connectivity index (χ0v) is 14.7. The fourth-order valence-corrected chi connectivity index (χ4v) is 4.03. The molecular formula is C18H15ClFNO2S. The van der Waals surface area contributed by atoms with Gasteiger partial charge in [-0.3, -0.25) is 4.79 Å². The fraction of sp³-hybridized carbons (Fsp3) is 0.167. The zero-order chi connectivity index (χ0) is 17.4. The summed E-state index contributed by atoms with van der Waals surface area (Å²) in [5.41, 5.74) is 2.80. The van der Waals surface area contributed by atoms with Crippen molar-refractivity contribution in [1.82, 2.24) is 4.57 Å². The van der Waals surface area contributed by atoms with Gasteiger partial charge in [0, 0.05) is 26.4 Å². The molecule has 1 N–H and O–H groups in total. The summed E-state index contributed by atoms with van der Waals surface area (Å²) in [6, 6.07) is 10.2. The third kappa shape index (κ3) is 3.14. The van der Waals surface area contributed by atoms with E-state index in [1.165, 1.54) is 23.9 Å². The van der Waals surface area contributed by atoms with E-state index in [9.17, 15) is 14.3 Å². The summed E-state index contributed by atoms with van der Waals surface area (Å²) < 4.78 is 15.0. The molecule has 0 aliphatic carbocycles. The maximum atomic E-state index is 13.3. The van der Waals surface area contributed by atoms with Crippen LogP contribution < -0.4 is 0 Å². The Kier molecular flexibility index (Phi) is 4.56. The van der Waals surface area contributed by atoms with Crippen molar-refractivity contribution in [3.63, 3.8) is 0 Å². The second kappa shape index (κ2) is 6.49. The molecule has 0 bridgehead atoms. The van der Waals surface area contributed by atoms with Crippen LogP contribution in [0.25, 0.3) is 10.9 Å². The molecule has 0 spiro atoms. The Hall–Kier alpha value is -1.98. The molecule has 0 atom stereocenters. The van der Waals surface area contributed by atoms with Gasteiger partial charge in [-0.25, -0.2) is 4.39 Å². The normalized spacial score (nSPS) is 11.2. The van der Waals surface area contributed by atoms with Gasteiger partial charge in [0.25, 0.3) is 0 Å². The molecule has 0 aliphatic heterocycles. The summed E-state index contributed by atoms with van der Waals surface area (Å²) in [5, 5.41) is 10.5. The number of hydrogen-bond acceptors (Lipinski definition) is 2. The highest BCUT2D eigenvalue weighted by Gasteiger charge is 2.18. The van der Waals surface area contributed by atoms with Gasteiger partial charge in [0.2, 0.25) is 0 Å². The van der Waals surface area contributed by atoms with Crippen LogP contribution in [0.1, 0.15) is 11.3 Å². The van der Waals surface area contributed by atoms with Crippen LogP contribution in [0.2, 0.25) is 5.02 Å². The van der Waals surface area contributed by atoms with E-state index in [0.29, 0.717) is 5.02 Å². The van der Waals surface area contributed by atoms with Gasteiger partial charge in [-0.05, 0) is 44.2 Å². The Morgan fingerprint density at radius 2 is 2.00 bits per heavy atom. The molecule has 0 aliphatic rings. The van der Waals surface area contributed by atoms with Crippen molar-refractivity contribution in [1.29, 1.82) is 0 Å². The van der Waals surface area contributed by atoms with Crippen LogP contribution in [0.15, 0.2) is 46.2 Å². The average molecular weight is 364 g/mol. The largest absolute Gasteiger partial charge is 0.480 e. The first kappa shape index (κ1) is 16.9. The maximum absolute atomic E-state index is 13.3. The van der Waals surface area contributed by atoms with Gasteiger partial charge in [-0.2, -0.15) is 0 Å². The molecule has 1 aromatic heterocycles. The molecule has 3 rings (SSSR count). The van der Waals surface area contributed by atoms with Gasteiger partial charge >= 0.3 is 5.97 Å². The number of carboxylic acids is 1. The maximum Gasteiger partial charge on any atom is 0.323 e. The smallest absolute Gasteiger partial charge is 0.323 e. The van der Waals surface area contributed by atoms with E-state index in [-0.39, 0.29) is 12.4 Å². The Bertz CT molecular complexity index is 952. The summed E-state index contributed by atoms with van der Waals surface area (Å²) in [5.74, 6) is -1.28. The number of nitrogens with zero attached hydrogens (tertiary/aromatic N) is 1. The second-order valence-electron chi connectivity index (χ2n) is 5.59. The van der Waals surface area contributed by atoms with Crippen LogP contribution in [-0.4, -0.2) is 15.6 Å². The zero-order valence-electron chi connectivity index (χ0n) is 13.1. The number of aromatic nitrogens is 1. The molecule has 3 nitrogen and oxygen atoms in total. The number of aliphatic carboxylic acids is 1. The predicted octanol–water partition coefficient (Wildman–Crippen LogP) is 5.29. The van der Waals surface area contributed by atoms with Crippen molar-refractivity contribution in [3.8, 4) is 0 Å². The Labute approximate surface area is 148 Å². The van der Waals surface area contributed by atoms with Gasteiger partial charge in [0.15, 0.2) is 0 Å². The van der Waals surface area contributed by atoms with E-state index in [1.807, 2.05) is 32.0 Å². The average Bonchev–Trinajstić information content (AvgIpc) is 2.74. The van der Waals surface area contributed by atoms with Crippen LogP contribution in [0, 0.1) is 19.7 Å². The molecule has 0 saturated carbocycles. The summed E-state index contributed by atoms with van der Waals surface area (Å²) in [7, 11) is 0. The molecule has 3 aromatic rings. The first-order valence-corrected chi connectivity index (χ1v) is 8.50. The summed E-state index contributed by atoms with van der Waals surface area (Å²) in [6.07, 6.45) is 0. The van der Waals surface area contributed by atoms with E-state index in [1.54, 1.807) is 10.6 Å². The predicted molar refractivity (Wildman–Crippen MR) is 94.6 cm³/mol. The van der Waals surface area contributed by atoms with Crippen molar-refractivity contribution in [3.05, 3.63) is 58.5 Å². The number of benzene rings is 2. The Morgan fingerprint density at radius 1 is 1.25 bits per heavy atom. The molecule has 1 heterocycles. The number of fused-ring (bicyclic) bond motifs is 1.